The van der Waals surface area contributed by atoms with Gasteiger partial charge in [0.2, 0.25) is 0 Å². The van der Waals surface area contributed by atoms with Crippen molar-refractivity contribution in [2.24, 2.45) is 11.8 Å². The van der Waals surface area contributed by atoms with Crippen molar-refractivity contribution in [3.8, 4) is 6.07 Å². The van der Waals surface area contributed by atoms with Gasteiger partial charge in [0.05, 0.1) is 17.9 Å². The van der Waals surface area contributed by atoms with Crippen molar-refractivity contribution >= 4 is 5.97 Å². The molecule has 0 heterocycles. The molecule has 0 aromatic carbocycles. The summed E-state index contributed by atoms with van der Waals surface area (Å²) in [6.07, 6.45) is 1.43. The van der Waals surface area contributed by atoms with Crippen molar-refractivity contribution in [2.75, 3.05) is 0 Å². The Kier molecular flexibility index (Phi) is 1.39. The van der Waals surface area contributed by atoms with E-state index in [1.807, 2.05) is 6.07 Å². The molecular weight excluding hydrogens is 118 g/mol. The van der Waals surface area contributed by atoms with Crippen molar-refractivity contribution in [3.63, 3.8) is 0 Å². The van der Waals surface area contributed by atoms with Crippen LogP contribution in [0.4, 0.5) is 0 Å². The maximum Gasteiger partial charge on any atom is 0.307 e. The van der Waals surface area contributed by atoms with E-state index in [4.69, 9.17) is 10.4 Å². The van der Waals surface area contributed by atoms with Crippen LogP contribution >= 0.6 is 0 Å². The predicted octanol–water partition coefficient (Wildman–Crippen LogP) is 0.621. The molecule has 3 heteroatoms. The molecule has 0 spiro atoms. The maximum atomic E-state index is 10.2. The van der Waals surface area contributed by atoms with E-state index in [0.29, 0.717) is 6.42 Å². The number of aliphatic carboxylic acids is 1. The summed E-state index contributed by atoms with van der Waals surface area (Å²) in [7, 11) is 0. The van der Waals surface area contributed by atoms with Gasteiger partial charge in [-0.15, -0.1) is 0 Å². The first-order valence-corrected chi connectivity index (χ1v) is 2.88. The van der Waals surface area contributed by atoms with E-state index >= 15 is 0 Å². The van der Waals surface area contributed by atoms with Crippen molar-refractivity contribution in [3.05, 3.63) is 0 Å². The molecule has 1 N–H and O–H groups in total. The van der Waals surface area contributed by atoms with Gasteiger partial charge in [-0.1, -0.05) is 0 Å². The summed E-state index contributed by atoms with van der Waals surface area (Å²) < 4.78 is 0. The molecule has 1 fully saturated rings. The lowest BCUT2D eigenvalue weighted by molar-refractivity contribution is -0.146. The normalized spacial score (nSPS) is 32.3. The fraction of sp³-hybridized carbons (Fsp3) is 0.667. The van der Waals surface area contributed by atoms with E-state index in [2.05, 4.69) is 0 Å². The number of hydrogen-bond acceptors (Lipinski definition) is 2. The second-order valence-electron chi connectivity index (χ2n) is 2.26. The number of hydrogen-bond donors (Lipinski definition) is 1. The lowest BCUT2D eigenvalue weighted by Gasteiger charge is -2.26. The summed E-state index contributed by atoms with van der Waals surface area (Å²) in [5.41, 5.74) is 0. The molecule has 1 saturated carbocycles. The van der Waals surface area contributed by atoms with E-state index in [1.165, 1.54) is 0 Å². The van der Waals surface area contributed by atoms with E-state index in [9.17, 15) is 4.79 Å². The Balaban J connectivity index is 2.47. The zero-order chi connectivity index (χ0) is 6.85. The Morgan fingerprint density at radius 1 is 1.67 bits per heavy atom. The largest absolute Gasteiger partial charge is 0.481 e. The number of rotatable bonds is 1. The Morgan fingerprint density at radius 2 is 2.33 bits per heavy atom. The van der Waals surface area contributed by atoms with Gasteiger partial charge in [0, 0.05) is 0 Å². The number of carbonyl (C=O) groups is 1. The summed E-state index contributed by atoms with van der Waals surface area (Å²) in [4.78, 5) is 10.2. The zero-order valence-electron chi connectivity index (χ0n) is 4.87. The Labute approximate surface area is 52.9 Å². The standard InChI is InChI=1S/C6H7NO2/c7-3-4-1-2-5(4)6(8)9/h4-5H,1-2H2,(H,8,9). The fourth-order valence-corrected chi connectivity index (χ4v) is 0.950. The second kappa shape index (κ2) is 2.06. The van der Waals surface area contributed by atoms with Crippen LogP contribution in [0.15, 0.2) is 0 Å². The lowest BCUT2D eigenvalue weighted by Crippen LogP contribution is -2.31. The smallest absolute Gasteiger partial charge is 0.307 e. The Bertz CT molecular complexity index is 170. The summed E-state index contributed by atoms with van der Waals surface area (Å²) in [6.45, 7) is 0. The summed E-state index contributed by atoms with van der Waals surface area (Å²) in [5.74, 6) is -1.43. The van der Waals surface area contributed by atoms with Gasteiger partial charge in [-0.2, -0.15) is 5.26 Å². The molecule has 1 aliphatic rings. The molecule has 3 nitrogen and oxygen atoms in total. The molecule has 2 unspecified atom stereocenters. The highest BCUT2D eigenvalue weighted by atomic mass is 16.4. The highest BCUT2D eigenvalue weighted by Crippen LogP contribution is 2.33. The number of nitrogens with zero attached hydrogens (tertiary/aromatic N) is 1. The van der Waals surface area contributed by atoms with Gasteiger partial charge in [0.25, 0.3) is 0 Å². The first-order chi connectivity index (χ1) is 4.25. The average molecular weight is 125 g/mol. The minimum absolute atomic E-state index is 0.220. The first-order valence-electron chi connectivity index (χ1n) is 2.88. The van der Waals surface area contributed by atoms with E-state index in [0.717, 1.165) is 6.42 Å². The van der Waals surface area contributed by atoms with E-state index in [-0.39, 0.29) is 11.8 Å². The minimum atomic E-state index is -0.826. The lowest BCUT2D eigenvalue weighted by atomic mass is 9.75. The van der Waals surface area contributed by atoms with Crippen LogP contribution in [0.5, 0.6) is 0 Å². The molecule has 0 aromatic rings. The average Bonchev–Trinajstić information content (AvgIpc) is 1.61. The monoisotopic (exact) mass is 125 g/mol. The van der Waals surface area contributed by atoms with Gasteiger partial charge >= 0.3 is 5.97 Å². The van der Waals surface area contributed by atoms with E-state index in [1.54, 1.807) is 0 Å². The van der Waals surface area contributed by atoms with Gasteiger partial charge in [-0.25, -0.2) is 0 Å². The molecular formula is C6H7NO2. The molecule has 0 bridgehead atoms. The molecule has 0 radical (unpaired) electrons. The van der Waals surface area contributed by atoms with E-state index < -0.39 is 5.97 Å². The van der Waals surface area contributed by atoms with Crippen LogP contribution in [0.1, 0.15) is 12.8 Å². The molecule has 0 aliphatic heterocycles. The van der Waals surface area contributed by atoms with Crippen LogP contribution < -0.4 is 0 Å². The Hall–Kier alpha value is -1.04. The summed E-state index contributed by atoms with van der Waals surface area (Å²) in [6, 6.07) is 1.95. The summed E-state index contributed by atoms with van der Waals surface area (Å²) in [5, 5.41) is 16.7. The van der Waals surface area contributed by atoms with Crippen molar-refractivity contribution in [1.29, 1.82) is 5.26 Å². The highest BCUT2D eigenvalue weighted by Gasteiger charge is 2.36. The minimum Gasteiger partial charge on any atom is -0.481 e. The van der Waals surface area contributed by atoms with Crippen molar-refractivity contribution < 1.29 is 9.90 Å². The number of carboxylic acids is 1. The number of nitriles is 1. The molecule has 48 valence electrons. The predicted molar refractivity (Wildman–Crippen MR) is 29.5 cm³/mol. The topological polar surface area (TPSA) is 61.1 Å². The molecule has 1 aliphatic carbocycles. The zero-order valence-corrected chi connectivity index (χ0v) is 4.87. The molecule has 0 amide bonds. The third-order valence-corrected chi connectivity index (χ3v) is 1.76. The van der Waals surface area contributed by atoms with Crippen LogP contribution in [-0.2, 0) is 4.79 Å². The van der Waals surface area contributed by atoms with Crippen molar-refractivity contribution in [1.82, 2.24) is 0 Å². The fourth-order valence-electron chi connectivity index (χ4n) is 0.950. The third kappa shape index (κ3) is 0.879. The molecule has 0 saturated heterocycles. The first kappa shape index (κ1) is 6.09. The quantitative estimate of drug-likeness (QED) is 0.558. The SMILES string of the molecule is N#CC1CCC1C(=O)O. The van der Waals surface area contributed by atoms with Crippen LogP contribution in [0.3, 0.4) is 0 Å². The van der Waals surface area contributed by atoms with Crippen LogP contribution in [0, 0.1) is 23.2 Å². The summed E-state index contributed by atoms with van der Waals surface area (Å²) >= 11 is 0. The van der Waals surface area contributed by atoms with Crippen LogP contribution in [0.2, 0.25) is 0 Å². The van der Waals surface area contributed by atoms with Crippen LogP contribution in [0.25, 0.3) is 0 Å². The molecule has 9 heavy (non-hydrogen) atoms. The molecule has 0 aromatic heterocycles. The van der Waals surface area contributed by atoms with Gasteiger partial charge in [-0.05, 0) is 12.8 Å². The van der Waals surface area contributed by atoms with Crippen LogP contribution in [-0.4, -0.2) is 11.1 Å². The van der Waals surface area contributed by atoms with Crippen molar-refractivity contribution in [2.45, 2.75) is 12.8 Å². The van der Waals surface area contributed by atoms with Gasteiger partial charge < -0.3 is 5.11 Å². The molecule has 2 atom stereocenters. The highest BCUT2D eigenvalue weighted by molar-refractivity contribution is 5.71. The van der Waals surface area contributed by atoms with Gasteiger partial charge in [-0.3, -0.25) is 4.79 Å². The van der Waals surface area contributed by atoms with Gasteiger partial charge in [0.15, 0.2) is 0 Å². The van der Waals surface area contributed by atoms with Gasteiger partial charge in [0.1, 0.15) is 0 Å². The molecule has 1 rings (SSSR count). The number of carboxylic acid groups (broad SMARTS) is 1. The maximum absolute atomic E-state index is 10.2. The Morgan fingerprint density at radius 3 is 2.44 bits per heavy atom. The second-order valence-corrected chi connectivity index (χ2v) is 2.26. The third-order valence-electron chi connectivity index (χ3n) is 1.76.